The van der Waals surface area contributed by atoms with Gasteiger partial charge in [0.1, 0.15) is 0 Å². The van der Waals surface area contributed by atoms with Crippen LogP contribution in [0.25, 0.3) is 0 Å². The van der Waals surface area contributed by atoms with Crippen molar-refractivity contribution in [1.29, 1.82) is 0 Å². The molecule has 2 rings (SSSR count). The van der Waals surface area contributed by atoms with E-state index in [1.807, 2.05) is 49.6 Å². The number of nitrogens with zero attached hydrogens (tertiary/aromatic N) is 1. The van der Waals surface area contributed by atoms with Crippen LogP contribution in [0.1, 0.15) is 30.1 Å². The summed E-state index contributed by atoms with van der Waals surface area (Å²) in [7, 11) is 0. The van der Waals surface area contributed by atoms with Crippen molar-refractivity contribution in [1.82, 2.24) is 4.98 Å². The van der Waals surface area contributed by atoms with E-state index in [1.165, 1.54) is 4.90 Å². The Hall–Kier alpha value is -1.32. The lowest BCUT2D eigenvalue weighted by Crippen LogP contribution is -2.07. The highest BCUT2D eigenvalue weighted by Gasteiger charge is 2.17. The quantitative estimate of drug-likeness (QED) is 0.851. The Bertz CT molecular complexity index is 484. The number of thioether (sulfide) groups is 1. The third kappa shape index (κ3) is 2.92. The fourth-order valence-corrected chi connectivity index (χ4v) is 2.35. The summed E-state index contributed by atoms with van der Waals surface area (Å²) in [6, 6.07) is 12.0. The molecular formula is C15H17NOS. The molecule has 1 aromatic heterocycles. The summed E-state index contributed by atoms with van der Waals surface area (Å²) in [5.41, 5.74) is 2.06. The summed E-state index contributed by atoms with van der Waals surface area (Å²) in [6.45, 7) is 2.03. The second-order valence-electron chi connectivity index (χ2n) is 4.29. The van der Waals surface area contributed by atoms with Crippen molar-refractivity contribution in [3.63, 3.8) is 0 Å². The molecule has 0 radical (unpaired) electrons. The van der Waals surface area contributed by atoms with Crippen LogP contribution in [0.5, 0.6) is 0 Å². The van der Waals surface area contributed by atoms with E-state index in [0.717, 1.165) is 11.1 Å². The van der Waals surface area contributed by atoms with Gasteiger partial charge in [0.15, 0.2) is 0 Å². The number of rotatable bonds is 4. The van der Waals surface area contributed by atoms with Gasteiger partial charge >= 0.3 is 0 Å². The zero-order chi connectivity index (χ0) is 13.0. The van der Waals surface area contributed by atoms with Crippen LogP contribution >= 0.6 is 11.8 Å². The summed E-state index contributed by atoms with van der Waals surface area (Å²) in [5.74, 6) is 0.0631. The second kappa shape index (κ2) is 6.03. The molecule has 0 saturated heterocycles. The Labute approximate surface area is 112 Å². The molecule has 3 heteroatoms. The van der Waals surface area contributed by atoms with Gasteiger partial charge in [-0.15, -0.1) is 11.8 Å². The van der Waals surface area contributed by atoms with Gasteiger partial charge in [-0.1, -0.05) is 19.1 Å². The van der Waals surface area contributed by atoms with Gasteiger partial charge in [-0.05, 0) is 41.6 Å². The van der Waals surface area contributed by atoms with Crippen molar-refractivity contribution in [2.24, 2.45) is 0 Å². The SMILES string of the molecule is CSc1ccc(C(O)C(C)c2ccncc2)cc1. The molecule has 2 aromatic rings. The Morgan fingerprint density at radius 3 is 2.17 bits per heavy atom. The molecule has 0 aliphatic heterocycles. The van der Waals surface area contributed by atoms with Gasteiger partial charge in [-0.3, -0.25) is 4.98 Å². The molecule has 1 aromatic carbocycles. The van der Waals surface area contributed by atoms with Crippen molar-refractivity contribution < 1.29 is 5.11 Å². The first kappa shape index (κ1) is 13.1. The smallest absolute Gasteiger partial charge is 0.0855 e. The molecule has 0 saturated carbocycles. The maximum atomic E-state index is 10.4. The summed E-state index contributed by atoms with van der Waals surface area (Å²) in [4.78, 5) is 5.21. The van der Waals surface area contributed by atoms with Gasteiger partial charge in [-0.25, -0.2) is 0 Å². The highest BCUT2D eigenvalue weighted by molar-refractivity contribution is 7.98. The lowest BCUT2D eigenvalue weighted by molar-refractivity contribution is 0.151. The average molecular weight is 259 g/mol. The van der Waals surface area contributed by atoms with Crippen LogP contribution in [0.4, 0.5) is 0 Å². The van der Waals surface area contributed by atoms with Crippen LogP contribution in [0, 0.1) is 0 Å². The lowest BCUT2D eigenvalue weighted by Gasteiger charge is -2.19. The second-order valence-corrected chi connectivity index (χ2v) is 5.17. The van der Waals surface area contributed by atoms with Gasteiger partial charge in [0, 0.05) is 23.2 Å². The summed E-state index contributed by atoms with van der Waals surface area (Å²) >= 11 is 1.70. The average Bonchev–Trinajstić information content (AvgIpc) is 2.47. The van der Waals surface area contributed by atoms with Gasteiger partial charge in [-0.2, -0.15) is 0 Å². The highest BCUT2D eigenvalue weighted by Crippen LogP contribution is 2.30. The lowest BCUT2D eigenvalue weighted by atomic mass is 9.91. The predicted octanol–water partition coefficient (Wildman–Crippen LogP) is 3.64. The number of aromatic nitrogens is 1. The maximum Gasteiger partial charge on any atom is 0.0855 e. The molecule has 1 N–H and O–H groups in total. The van der Waals surface area contributed by atoms with E-state index in [0.29, 0.717) is 0 Å². The van der Waals surface area contributed by atoms with Gasteiger partial charge in [0.2, 0.25) is 0 Å². The minimum atomic E-state index is -0.483. The fourth-order valence-electron chi connectivity index (χ4n) is 1.94. The van der Waals surface area contributed by atoms with Gasteiger partial charge < -0.3 is 5.11 Å². The van der Waals surface area contributed by atoms with Crippen molar-refractivity contribution in [2.45, 2.75) is 23.8 Å². The molecule has 0 bridgehead atoms. The standard InChI is InChI=1S/C15H17NOS/c1-11(12-7-9-16-10-8-12)15(17)13-3-5-14(18-2)6-4-13/h3-11,15,17H,1-2H3. The van der Waals surface area contributed by atoms with E-state index in [2.05, 4.69) is 4.98 Å². The van der Waals surface area contributed by atoms with Crippen LogP contribution in [-0.4, -0.2) is 16.3 Å². The monoisotopic (exact) mass is 259 g/mol. The molecule has 0 aliphatic rings. The van der Waals surface area contributed by atoms with E-state index in [4.69, 9.17) is 0 Å². The van der Waals surface area contributed by atoms with E-state index in [9.17, 15) is 5.11 Å². The molecule has 1 heterocycles. The molecule has 2 nitrogen and oxygen atoms in total. The Balaban J connectivity index is 2.17. The number of hydrogen-bond acceptors (Lipinski definition) is 3. The van der Waals surface area contributed by atoms with E-state index >= 15 is 0 Å². The molecule has 2 atom stereocenters. The minimum Gasteiger partial charge on any atom is -0.388 e. The molecule has 0 spiro atoms. The first-order valence-corrected chi connectivity index (χ1v) is 7.17. The zero-order valence-corrected chi connectivity index (χ0v) is 11.4. The summed E-state index contributed by atoms with van der Waals surface area (Å²) in [5, 5.41) is 10.4. The Morgan fingerprint density at radius 2 is 1.61 bits per heavy atom. The Morgan fingerprint density at radius 1 is 1.00 bits per heavy atom. The van der Waals surface area contributed by atoms with Crippen molar-refractivity contribution in [3.8, 4) is 0 Å². The van der Waals surface area contributed by atoms with Crippen LogP contribution in [0.2, 0.25) is 0 Å². The number of benzene rings is 1. The van der Waals surface area contributed by atoms with Crippen molar-refractivity contribution in [3.05, 3.63) is 59.9 Å². The third-order valence-corrected chi connectivity index (χ3v) is 3.91. The molecule has 94 valence electrons. The van der Waals surface area contributed by atoms with Crippen molar-refractivity contribution >= 4 is 11.8 Å². The van der Waals surface area contributed by atoms with Gasteiger partial charge in [0.05, 0.1) is 6.10 Å². The maximum absolute atomic E-state index is 10.4. The number of hydrogen-bond donors (Lipinski definition) is 1. The van der Waals surface area contributed by atoms with E-state index in [-0.39, 0.29) is 5.92 Å². The first-order valence-electron chi connectivity index (χ1n) is 5.94. The first-order chi connectivity index (χ1) is 8.72. The van der Waals surface area contributed by atoms with E-state index in [1.54, 1.807) is 24.2 Å². The predicted molar refractivity (Wildman–Crippen MR) is 75.8 cm³/mol. The molecule has 18 heavy (non-hydrogen) atoms. The number of aliphatic hydroxyl groups excluding tert-OH is 1. The normalized spacial score (nSPS) is 14.2. The third-order valence-electron chi connectivity index (χ3n) is 3.16. The van der Waals surface area contributed by atoms with E-state index < -0.39 is 6.10 Å². The molecule has 0 fully saturated rings. The largest absolute Gasteiger partial charge is 0.388 e. The van der Waals surface area contributed by atoms with Crippen LogP contribution in [0.15, 0.2) is 53.7 Å². The van der Waals surface area contributed by atoms with Crippen LogP contribution < -0.4 is 0 Å². The van der Waals surface area contributed by atoms with Crippen molar-refractivity contribution in [2.75, 3.05) is 6.26 Å². The molecular weight excluding hydrogens is 242 g/mol. The highest BCUT2D eigenvalue weighted by atomic mass is 32.2. The molecule has 2 unspecified atom stereocenters. The topological polar surface area (TPSA) is 33.1 Å². The zero-order valence-electron chi connectivity index (χ0n) is 10.6. The van der Waals surface area contributed by atoms with Crippen LogP contribution in [-0.2, 0) is 0 Å². The minimum absolute atomic E-state index is 0.0631. The van der Waals surface area contributed by atoms with Crippen LogP contribution in [0.3, 0.4) is 0 Å². The number of pyridine rings is 1. The fraction of sp³-hybridized carbons (Fsp3) is 0.267. The Kier molecular flexibility index (Phi) is 4.39. The van der Waals surface area contributed by atoms with Gasteiger partial charge in [0.25, 0.3) is 0 Å². The number of aliphatic hydroxyl groups is 1. The molecule has 0 aliphatic carbocycles. The summed E-state index contributed by atoms with van der Waals surface area (Å²) in [6.07, 6.45) is 5.08. The summed E-state index contributed by atoms with van der Waals surface area (Å²) < 4.78 is 0. The molecule has 0 amide bonds.